The maximum Gasteiger partial charge on any atom is 0.133 e. The SMILES string of the molecule is CC(C)CCCC(C)[C@H]1CC[C@H]2[C@@H]3CCC4CC(=O)CC[C@]4(C)[C@H]3CC[C@]12C.CCCCCCCCCCCCN(C)C. The molecule has 0 aliphatic heterocycles. The normalized spacial score (nSPS) is 34.4. The summed E-state index contributed by atoms with van der Waals surface area (Å²) < 4.78 is 0. The molecule has 0 bridgehead atoms. The number of fused-ring (bicyclic) bond motifs is 5. The number of Topliss-reactive ketones (excluding diaryl/α,β-unsaturated/α-hetero) is 1. The van der Waals surface area contributed by atoms with Gasteiger partial charge in [0.1, 0.15) is 5.78 Å². The van der Waals surface area contributed by atoms with Crippen molar-refractivity contribution < 1.29 is 4.79 Å². The highest BCUT2D eigenvalue weighted by Gasteiger charge is 2.60. The monoisotopic (exact) mass is 600 g/mol. The van der Waals surface area contributed by atoms with Crippen LogP contribution in [0.5, 0.6) is 0 Å². The summed E-state index contributed by atoms with van der Waals surface area (Å²) in [6.07, 6.45) is 30.3. The maximum absolute atomic E-state index is 12.1. The molecule has 0 aromatic carbocycles. The fourth-order valence-corrected chi connectivity index (χ4v) is 11.0. The third kappa shape index (κ3) is 10.3. The Hall–Kier alpha value is -0.370. The first-order chi connectivity index (χ1) is 20.5. The summed E-state index contributed by atoms with van der Waals surface area (Å²) in [6.45, 7) is 16.1. The standard InChI is InChI=1S/C27H46O.C14H31N/c1-18(2)7-6-8-19(3)23-11-12-24-22-10-9-20-17-21(28)13-15-26(20,4)25(22)14-16-27(23,24)5;1-4-5-6-7-8-9-10-11-12-13-14-15(2)3/h18-20,22-25H,6-17H2,1-5H3;4-14H2,1-3H3/t19?,20?,22-,23+,24-,25-,26-,27+;/m0./s1. The number of unbranched alkanes of at least 4 members (excludes halogenated alkanes) is 9. The lowest BCUT2D eigenvalue weighted by molar-refractivity contribution is -0.140. The van der Waals surface area contributed by atoms with Crippen LogP contribution in [-0.2, 0) is 4.79 Å². The molecule has 4 aliphatic rings. The Morgan fingerprint density at radius 1 is 0.721 bits per heavy atom. The van der Waals surface area contributed by atoms with Crippen molar-refractivity contribution >= 4 is 5.78 Å². The van der Waals surface area contributed by atoms with Crippen LogP contribution in [0.4, 0.5) is 0 Å². The second-order valence-corrected chi connectivity index (χ2v) is 17.4. The number of carbonyl (C=O) groups is 1. The van der Waals surface area contributed by atoms with E-state index < -0.39 is 0 Å². The Kier molecular flexibility index (Phi) is 15.6. The predicted octanol–water partition coefficient (Wildman–Crippen LogP) is 12.1. The van der Waals surface area contributed by atoms with E-state index >= 15 is 0 Å². The Balaban J connectivity index is 0.000000289. The lowest BCUT2D eigenvalue weighted by atomic mass is 9.44. The Morgan fingerprint density at radius 2 is 1.35 bits per heavy atom. The van der Waals surface area contributed by atoms with Crippen LogP contribution in [0.3, 0.4) is 0 Å². The van der Waals surface area contributed by atoms with Crippen molar-refractivity contribution in [3.05, 3.63) is 0 Å². The predicted molar refractivity (Wildman–Crippen MR) is 188 cm³/mol. The molecule has 4 rings (SSSR count). The highest BCUT2D eigenvalue weighted by Crippen LogP contribution is 2.68. The van der Waals surface area contributed by atoms with E-state index in [0.717, 1.165) is 48.3 Å². The van der Waals surface area contributed by atoms with E-state index in [0.29, 0.717) is 22.5 Å². The van der Waals surface area contributed by atoms with Gasteiger partial charge in [-0.3, -0.25) is 4.79 Å². The van der Waals surface area contributed by atoms with Crippen molar-refractivity contribution in [1.29, 1.82) is 0 Å². The van der Waals surface area contributed by atoms with Gasteiger partial charge in [0.05, 0.1) is 0 Å². The van der Waals surface area contributed by atoms with Crippen LogP contribution in [-0.4, -0.2) is 31.3 Å². The number of rotatable bonds is 16. The van der Waals surface area contributed by atoms with E-state index in [9.17, 15) is 4.79 Å². The number of hydrogen-bond donors (Lipinski definition) is 0. The van der Waals surface area contributed by atoms with E-state index in [4.69, 9.17) is 0 Å². The first-order valence-electron chi connectivity index (χ1n) is 19.7. The van der Waals surface area contributed by atoms with Gasteiger partial charge < -0.3 is 4.90 Å². The molecule has 2 nitrogen and oxygen atoms in total. The number of hydrogen-bond acceptors (Lipinski definition) is 2. The average molecular weight is 600 g/mol. The molecule has 0 spiro atoms. The second kappa shape index (κ2) is 18.1. The molecule has 4 saturated carbocycles. The topological polar surface area (TPSA) is 20.3 Å². The Morgan fingerprint density at radius 3 is 1.98 bits per heavy atom. The van der Waals surface area contributed by atoms with Gasteiger partial charge >= 0.3 is 0 Å². The van der Waals surface area contributed by atoms with Crippen LogP contribution >= 0.6 is 0 Å². The summed E-state index contributed by atoms with van der Waals surface area (Å²) >= 11 is 0. The summed E-state index contributed by atoms with van der Waals surface area (Å²) in [5.74, 6) is 6.82. The molecule has 0 N–H and O–H groups in total. The van der Waals surface area contributed by atoms with Gasteiger partial charge in [-0.25, -0.2) is 0 Å². The highest BCUT2D eigenvalue weighted by molar-refractivity contribution is 5.79. The summed E-state index contributed by atoms with van der Waals surface area (Å²) in [4.78, 5) is 14.4. The molecule has 43 heavy (non-hydrogen) atoms. The van der Waals surface area contributed by atoms with Crippen LogP contribution in [0.2, 0.25) is 0 Å². The van der Waals surface area contributed by atoms with E-state index in [1.165, 1.54) is 135 Å². The van der Waals surface area contributed by atoms with Gasteiger partial charge in [0.25, 0.3) is 0 Å². The fraction of sp³-hybridized carbons (Fsp3) is 0.976. The lowest BCUT2D eigenvalue weighted by Gasteiger charge is -2.60. The van der Waals surface area contributed by atoms with E-state index in [-0.39, 0.29) is 0 Å². The molecule has 2 unspecified atom stereocenters. The molecule has 8 atom stereocenters. The summed E-state index contributed by atoms with van der Waals surface area (Å²) in [5, 5.41) is 0. The lowest BCUT2D eigenvalue weighted by Crippen LogP contribution is -2.53. The molecule has 0 amide bonds. The van der Waals surface area contributed by atoms with Gasteiger partial charge in [-0.1, -0.05) is 119 Å². The first-order valence-corrected chi connectivity index (χ1v) is 19.7. The van der Waals surface area contributed by atoms with Crippen LogP contribution in [0.1, 0.15) is 183 Å². The van der Waals surface area contributed by atoms with Crippen molar-refractivity contribution in [2.75, 3.05) is 20.6 Å². The molecule has 0 aromatic rings. The molecule has 4 aliphatic carbocycles. The maximum atomic E-state index is 12.1. The minimum absolute atomic E-state index is 0.471. The minimum Gasteiger partial charge on any atom is -0.309 e. The van der Waals surface area contributed by atoms with Crippen LogP contribution < -0.4 is 0 Å². The van der Waals surface area contributed by atoms with Crippen molar-refractivity contribution in [3.8, 4) is 0 Å². The molecular formula is C41H77NO. The third-order valence-electron chi connectivity index (χ3n) is 13.6. The largest absolute Gasteiger partial charge is 0.309 e. The molecule has 0 radical (unpaired) electrons. The molecule has 2 heteroatoms. The molecule has 0 aromatic heterocycles. The average Bonchev–Trinajstić information content (AvgIpc) is 3.32. The number of ketones is 1. The van der Waals surface area contributed by atoms with Crippen molar-refractivity contribution in [3.63, 3.8) is 0 Å². The van der Waals surface area contributed by atoms with Crippen LogP contribution in [0.25, 0.3) is 0 Å². The first kappa shape index (κ1) is 37.1. The molecular weight excluding hydrogens is 522 g/mol. The van der Waals surface area contributed by atoms with Gasteiger partial charge in [-0.2, -0.15) is 0 Å². The van der Waals surface area contributed by atoms with Gasteiger partial charge in [-0.05, 0) is 124 Å². The fourth-order valence-electron chi connectivity index (χ4n) is 11.0. The summed E-state index contributed by atoms with van der Waals surface area (Å²) in [6, 6.07) is 0. The van der Waals surface area contributed by atoms with Gasteiger partial charge in [0, 0.05) is 12.8 Å². The minimum atomic E-state index is 0.471. The number of carbonyl (C=O) groups excluding carboxylic acids is 1. The van der Waals surface area contributed by atoms with Gasteiger partial charge in [0.15, 0.2) is 0 Å². The Bertz CT molecular complexity index is 789. The molecule has 0 saturated heterocycles. The van der Waals surface area contributed by atoms with E-state index in [1.807, 2.05) is 0 Å². The second-order valence-electron chi connectivity index (χ2n) is 17.4. The van der Waals surface area contributed by atoms with Crippen LogP contribution in [0, 0.1) is 52.3 Å². The zero-order valence-corrected chi connectivity index (χ0v) is 30.7. The van der Waals surface area contributed by atoms with Gasteiger partial charge in [-0.15, -0.1) is 0 Å². The smallest absolute Gasteiger partial charge is 0.133 e. The summed E-state index contributed by atoms with van der Waals surface area (Å²) in [7, 11) is 4.32. The Labute approximate surface area is 270 Å². The van der Waals surface area contributed by atoms with Crippen molar-refractivity contribution in [1.82, 2.24) is 4.90 Å². The summed E-state index contributed by atoms with van der Waals surface area (Å²) in [5.41, 5.74) is 1.07. The third-order valence-corrected chi connectivity index (χ3v) is 13.6. The number of nitrogens with zero attached hydrogens (tertiary/aromatic N) is 1. The van der Waals surface area contributed by atoms with Crippen molar-refractivity contribution in [2.45, 2.75) is 183 Å². The zero-order valence-electron chi connectivity index (χ0n) is 30.7. The highest BCUT2D eigenvalue weighted by atomic mass is 16.1. The van der Waals surface area contributed by atoms with Crippen molar-refractivity contribution in [2.24, 2.45) is 52.3 Å². The molecule has 252 valence electrons. The quantitative estimate of drug-likeness (QED) is 0.164. The van der Waals surface area contributed by atoms with Crippen LogP contribution in [0.15, 0.2) is 0 Å². The molecule has 0 heterocycles. The van der Waals surface area contributed by atoms with Gasteiger partial charge in [0.2, 0.25) is 0 Å². The molecule has 4 fully saturated rings. The van der Waals surface area contributed by atoms with E-state index in [1.54, 1.807) is 0 Å². The van der Waals surface area contributed by atoms with E-state index in [2.05, 4.69) is 60.5 Å². The zero-order chi connectivity index (χ0) is 31.5.